The minimum atomic E-state index is -0.801. The maximum atomic E-state index is 14.7. The third-order valence-corrected chi connectivity index (χ3v) is 22.1. The summed E-state index contributed by atoms with van der Waals surface area (Å²) in [6.45, 7) is 13.5. The Balaban J connectivity index is 0.000000141. The van der Waals surface area contributed by atoms with E-state index in [9.17, 15) is 52.5 Å². The lowest BCUT2D eigenvalue weighted by atomic mass is 10.1. The summed E-state index contributed by atoms with van der Waals surface area (Å²) in [7, 11) is 0. The molecule has 16 aromatic rings. The number of nitrogens with two attached hydrogens (primary N) is 5. The lowest BCUT2D eigenvalue weighted by Gasteiger charge is -2.23. The molecule has 4 aromatic carbocycles. The highest BCUT2D eigenvalue weighted by molar-refractivity contribution is 9.10. The van der Waals surface area contributed by atoms with Gasteiger partial charge in [-0.3, -0.25) is 52.4 Å². The van der Waals surface area contributed by atoms with Crippen molar-refractivity contribution >= 4 is 158 Å². The largest absolute Gasteiger partial charge is 0.384 e. The number of benzene rings is 4. The summed E-state index contributed by atoms with van der Waals surface area (Å²) in [6.07, 6.45) is 11.9. The van der Waals surface area contributed by atoms with Crippen molar-refractivity contribution in [3.63, 3.8) is 0 Å². The Morgan fingerprint density at radius 2 is 0.847 bits per heavy atom. The van der Waals surface area contributed by atoms with Crippen LogP contribution in [0.15, 0.2) is 158 Å². The van der Waals surface area contributed by atoms with Crippen LogP contribution in [0.25, 0.3) is 66.4 Å². The van der Waals surface area contributed by atoms with Gasteiger partial charge in [0.05, 0.1) is 120 Å². The second-order valence-electron chi connectivity index (χ2n) is 29.4. The van der Waals surface area contributed by atoms with E-state index in [1.54, 1.807) is 110 Å². The number of rotatable bonds is 17. The number of pyridine rings is 4. The average Bonchev–Trinajstić information content (AvgIpc) is 1.35. The minimum Gasteiger partial charge on any atom is -0.384 e. The number of aromatic nitrogens is 20. The zero-order chi connectivity index (χ0) is 94.0. The summed E-state index contributed by atoms with van der Waals surface area (Å²) in [4.78, 5) is 122. The van der Waals surface area contributed by atoms with Gasteiger partial charge >= 0.3 is 0 Å². The standard InChI is InChI=1S/C23H19ClN8O.C22H18ClFN8O.C21H15BrF2N8O.C20H17Cl2FN8O/c1-12-28-20(26)15(10-25)21(29-12)31-19(13-7-8-13)22-30-17-6-2-5-16(24)18(17)23(33)32(22)14-4-3-9-27-11-14;1-10-6-13(9-27-8-10)32-21(31-18-16(24)5-4-15(23)17(18)22(32)33)11(2)28-20-14(7-25)19(26)29-12(3)30-20;1-9(28-19-13(6-25)18(26)29-10(2)30-19)20-31-17-15(24)4-3-14(22)16(17)21(33)32(20)12-5-11(23)7-27-8-12;1-8(27-18-15(22)17(25)28-9(2)29-18)19-30-16-12(23)5-4-11(21)14(16)20(32)31(19)10-3-6-13(24)26-7-10/h2-6,9,11,13,19H,7-8H2,1H3,(H3,26,28,29,31);4-6,8-9,11H,1-3H3,(H3,26,28,29,30);3-5,7-9H,1-2H3,(H3,26,28,29,30);3-8H,1-2H3,(H2,24,26)(H3,25,27,28,29)/t19-;11-;9-;8-/m0000/s1. The van der Waals surface area contributed by atoms with Gasteiger partial charge in [-0.1, -0.05) is 52.5 Å². The maximum absolute atomic E-state index is 14.7. The third-order valence-electron chi connectivity index (χ3n) is 20.1. The van der Waals surface area contributed by atoms with Crippen molar-refractivity contribution < 1.29 is 17.6 Å². The first-order valence-corrected chi connectivity index (χ1v) is 41.4. The van der Waals surface area contributed by atoms with E-state index < -0.39 is 64.1 Å². The van der Waals surface area contributed by atoms with E-state index in [2.05, 4.69) is 118 Å². The van der Waals surface area contributed by atoms with Gasteiger partial charge in [-0.05, 0) is 175 Å². The number of anilines is 9. The van der Waals surface area contributed by atoms with E-state index in [4.69, 9.17) is 80.1 Å². The normalized spacial score (nSPS) is 12.5. The number of nitrogens with zero attached hydrogens (tertiary/aromatic N) is 23. The Labute approximate surface area is 766 Å². The van der Waals surface area contributed by atoms with Gasteiger partial charge < -0.3 is 49.9 Å². The first-order chi connectivity index (χ1) is 62.6. The number of aryl methyl sites for hydroxylation is 5. The maximum Gasteiger partial charge on any atom is 0.267 e. The molecule has 36 nitrogen and oxygen atoms in total. The summed E-state index contributed by atoms with van der Waals surface area (Å²) in [6, 6.07) is 25.6. The number of hydrogen-bond donors (Lipinski definition) is 9. The molecule has 4 atom stereocenters. The molecule has 0 bridgehead atoms. The molecule has 131 heavy (non-hydrogen) atoms. The summed E-state index contributed by atoms with van der Waals surface area (Å²) in [5.41, 5.74) is 29.6. The molecule has 0 spiro atoms. The van der Waals surface area contributed by atoms with E-state index in [1.165, 1.54) is 62.6 Å². The molecule has 1 fully saturated rings. The Kier molecular flexibility index (Phi) is 26.7. The number of fused-ring (bicyclic) bond motifs is 4. The van der Waals surface area contributed by atoms with Crippen LogP contribution >= 0.6 is 62.3 Å². The van der Waals surface area contributed by atoms with Crippen molar-refractivity contribution in [2.24, 2.45) is 5.92 Å². The Morgan fingerprint density at radius 1 is 0.427 bits per heavy atom. The van der Waals surface area contributed by atoms with E-state index in [0.717, 1.165) is 47.4 Å². The van der Waals surface area contributed by atoms with E-state index >= 15 is 0 Å². The first-order valence-electron chi connectivity index (χ1n) is 39.1. The summed E-state index contributed by atoms with van der Waals surface area (Å²) >= 11 is 28.3. The highest BCUT2D eigenvalue weighted by Gasteiger charge is 2.38. The highest BCUT2D eigenvalue weighted by atomic mass is 79.9. The monoisotopic (exact) mass is 1910 g/mol. The van der Waals surface area contributed by atoms with Crippen molar-refractivity contribution in [1.82, 2.24) is 98.0 Å². The SMILES string of the molecule is Cc1cncc(-n2c([C@H](C)Nc3nc(C)nc(N)c3C#N)nc3c(F)ccc(Cl)c3c2=O)c1.Cc1nc(N)c(C#N)c(N[C@@H](C)c2nc3c(F)ccc(Br)c3c(=O)n2-c2cncc(F)c2)n1.Cc1nc(N)c(C#N)c(N[C@H](c2nc3cccc(Cl)c3c(=O)n2-c2cccnc2)C2CC2)n1.Cc1nc(N)c(Cl)c(N[C@@H](C)c2nc3c(F)ccc(Cl)c3c(=O)n2-c2ccc(N)nc2)n1. The van der Waals surface area contributed by atoms with Crippen LogP contribution in [0.4, 0.5) is 69.9 Å². The Morgan fingerprint density at radius 3 is 1.32 bits per heavy atom. The minimum absolute atomic E-state index is 0.00323. The number of nitrogen functional groups attached to an aromatic ring is 5. The van der Waals surface area contributed by atoms with Crippen molar-refractivity contribution in [2.45, 2.75) is 92.4 Å². The molecule has 14 N–H and O–H groups in total. The molecule has 1 aliphatic rings. The Bertz CT molecular complexity index is 7480. The predicted octanol–water partition coefficient (Wildman–Crippen LogP) is 14.4. The van der Waals surface area contributed by atoms with Crippen LogP contribution in [-0.4, -0.2) is 98.0 Å². The fourth-order valence-corrected chi connectivity index (χ4v) is 15.4. The predicted molar refractivity (Wildman–Crippen MR) is 491 cm³/mol. The second-order valence-corrected chi connectivity index (χ2v) is 31.9. The molecular weight excluding hydrogens is 1840 g/mol. The lowest BCUT2D eigenvalue weighted by Crippen LogP contribution is -2.30. The fourth-order valence-electron chi connectivity index (χ4n) is 14.1. The third kappa shape index (κ3) is 18.9. The van der Waals surface area contributed by atoms with Crippen molar-refractivity contribution in [3.8, 4) is 41.0 Å². The topological polar surface area (TPSA) is 544 Å². The molecule has 1 aliphatic carbocycles. The number of nitrogens with one attached hydrogen (secondary N) is 4. The van der Waals surface area contributed by atoms with Crippen LogP contribution in [0.5, 0.6) is 0 Å². The van der Waals surface area contributed by atoms with Crippen molar-refractivity contribution in [2.75, 3.05) is 49.9 Å². The van der Waals surface area contributed by atoms with Crippen molar-refractivity contribution in [1.29, 1.82) is 15.8 Å². The van der Waals surface area contributed by atoms with Crippen LogP contribution in [0.1, 0.15) is 127 Å². The van der Waals surface area contributed by atoms with Gasteiger partial charge in [0.15, 0.2) is 23.3 Å². The number of hydrogen-bond acceptors (Lipinski definition) is 32. The molecule has 0 radical (unpaired) electrons. The fraction of sp³-hybridized carbons (Fsp3) is 0.174. The summed E-state index contributed by atoms with van der Waals surface area (Å²) in [5.74, 6) is 1.12. The van der Waals surface area contributed by atoms with Gasteiger partial charge in [0.1, 0.15) is 155 Å². The molecular formula is C86H69BrCl4F4N32O4. The summed E-state index contributed by atoms with van der Waals surface area (Å²) < 4.78 is 63.4. The molecule has 45 heteroatoms. The van der Waals surface area contributed by atoms with Crippen LogP contribution in [0, 0.1) is 97.8 Å². The molecule has 17 rings (SSSR count). The lowest BCUT2D eigenvalue weighted by molar-refractivity contribution is 0.608. The smallest absolute Gasteiger partial charge is 0.267 e. The van der Waals surface area contributed by atoms with Gasteiger partial charge in [-0.2, -0.15) is 15.8 Å². The molecule has 12 heterocycles. The van der Waals surface area contributed by atoms with Gasteiger partial charge in [-0.25, -0.2) is 82.4 Å². The van der Waals surface area contributed by atoms with Gasteiger partial charge in [-0.15, -0.1) is 0 Å². The van der Waals surface area contributed by atoms with E-state index in [0.29, 0.717) is 72.4 Å². The van der Waals surface area contributed by atoms with Crippen LogP contribution in [0.2, 0.25) is 20.1 Å². The van der Waals surface area contributed by atoms with E-state index in [1.807, 2.05) is 19.1 Å². The number of halogens is 9. The quantitative estimate of drug-likeness (QED) is 0.0382. The van der Waals surface area contributed by atoms with Gasteiger partial charge in [0, 0.05) is 22.9 Å². The molecule has 0 saturated heterocycles. The average molecular weight is 1910 g/mol. The van der Waals surface area contributed by atoms with Crippen molar-refractivity contribution in [3.05, 3.63) is 292 Å². The van der Waals surface area contributed by atoms with Crippen LogP contribution < -0.4 is 72.2 Å². The molecule has 1 saturated carbocycles. The zero-order valence-electron chi connectivity index (χ0n) is 69.7. The van der Waals surface area contributed by atoms with E-state index in [-0.39, 0.29) is 146 Å². The molecule has 0 aliphatic heterocycles. The first kappa shape index (κ1) is 91.6. The van der Waals surface area contributed by atoms with Crippen LogP contribution in [0.3, 0.4) is 0 Å². The second kappa shape index (κ2) is 38.1. The van der Waals surface area contributed by atoms with Gasteiger partial charge in [0.25, 0.3) is 22.2 Å². The zero-order valence-corrected chi connectivity index (χ0v) is 74.3. The molecule has 660 valence electrons. The van der Waals surface area contributed by atoms with Crippen LogP contribution in [-0.2, 0) is 0 Å². The Hall–Kier alpha value is -15.6. The summed E-state index contributed by atoms with van der Waals surface area (Å²) in [5, 5.41) is 41.9. The molecule has 0 amide bonds. The highest BCUT2D eigenvalue weighted by Crippen LogP contribution is 2.44. The molecule has 0 unspecified atom stereocenters. The van der Waals surface area contributed by atoms with Gasteiger partial charge in [0.2, 0.25) is 0 Å². The molecule has 12 aromatic heterocycles. The number of nitriles is 3.